The summed E-state index contributed by atoms with van der Waals surface area (Å²) >= 11 is 11.0. The van der Waals surface area contributed by atoms with Gasteiger partial charge in [0.2, 0.25) is 5.16 Å². The van der Waals surface area contributed by atoms with Crippen LogP contribution in [-0.2, 0) is 0 Å². The van der Waals surface area contributed by atoms with Gasteiger partial charge in [-0.05, 0) is 42.0 Å². The molecule has 0 amide bonds. The van der Waals surface area contributed by atoms with Gasteiger partial charge in [0.05, 0.1) is 5.71 Å². The normalized spacial score (nSPS) is 13.6. The fraction of sp³-hybridized carbons (Fsp3) is 0.0625. The topological polar surface area (TPSA) is 43.1 Å². The third-order valence-electron chi connectivity index (χ3n) is 3.45. The van der Waals surface area contributed by atoms with Crippen molar-refractivity contribution in [3.8, 4) is 11.4 Å². The second-order valence-electron chi connectivity index (χ2n) is 4.97. The summed E-state index contributed by atoms with van der Waals surface area (Å²) in [7, 11) is 0. The maximum Gasteiger partial charge on any atom is 0.212 e. The highest BCUT2D eigenvalue weighted by Crippen LogP contribution is 2.29. The lowest BCUT2D eigenvalue weighted by Gasteiger charge is -2.14. The van der Waals surface area contributed by atoms with Gasteiger partial charge in [0.1, 0.15) is 0 Å². The molecule has 0 bridgehead atoms. The van der Waals surface area contributed by atoms with Crippen molar-refractivity contribution in [2.45, 2.75) is 5.16 Å². The van der Waals surface area contributed by atoms with Crippen LogP contribution in [0, 0.1) is 0 Å². The fourth-order valence-electron chi connectivity index (χ4n) is 2.29. The molecule has 1 aromatic heterocycles. The quantitative estimate of drug-likeness (QED) is 0.619. The van der Waals surface area contributed by atoms with Crippen molar-refractivity contribution in [1.29, 1.82) is 0 Å². The number of hydrogen-bond acceptors (Lipinski definition) is 4. The van der Waals surface area contributed by atoms with E-state index < -0.39 is 0 Å². The number of benzene rings is 2. The zero-order valence-corrected chi connectivity index (χ0v) is 14.9. The van der Waals surface area contributed by atoms with Crippen LogP contribution >= 0.6 is 39.3 Å². The van der Waals surface area contributed by atoms with E-state index in [1.807, 2.05) is 36.4 Å². The fourth-order valence-corrected chi connectivity index (χ4v) is 3.52. The smallest absolute Gasteiger partial charge is 0.187 e. The van der Waals surface area contributed by atoms with Gasteiger partial charge in [-0.25, -0.2) is 0 Å². The highest BCUT2D eigenvalue weighted by Gasteiger charge is 2.20. The lowest BCUT2D eigenvalue weighted by Crippen LogP contribution is -2.13. The zero-order valence-electron chi connectivity index (χ0n) is 11.8. The van der Waals surface area contributed by atoms with Crippen LogP contribution in [-0.4, -0.2) is 26.3 Å². The highest BCUT2D eigenvalue weighted by atomic mass is 79.9. The summed E-state index contributed by atoms with van der Waals surface area (Å²) in [6, 6.07) is 15.7. The van der Waals surface area contributed by atoms with Crippen LogP contribution in [0.3, 0.4) is 0 Å². The first-order chi connectivity index (χ1) is 11.2. The van der Waals surface area contributed by atoms with Crippen LogP contribution < -0.4 is 0 Å². The highest BCUT2D eigenvalue weighted by molar-refractivity contribution is 9.10. The van der Waals surface area contributed by atoms with E-state index in [2.05, 4.69) is 38.3 Å². The Hall–Kier alpha value is -1.63. The second kappa shape index (κ2) is 6.11. The number of nitrogens with zero attached hydrogens (tertiary/aromatic N) is 4. The van der Waals surface area contributed by atoms with E-state index in [9.17, 15) is 0 Å². The summed E-state index contributed by atoms with van der Waals surface area (Å²) in [6.45, 7) is 0. The molecule has 23 heavy (non-hydrogen) atoms. The summed E-state index contributed by atoms with van der Waals surface area (Å²) in [4.78, 5) is 0. The molecule has 114 valence electrons. The third kappa shape index (κ3) is 2.94. The summed E-state index contributed by atoms with van der Waals surface area (Å²) < 4.78 is 2.85. The van der Waals surface area contributed by atoms with Crippen molar-refractivity contribution in [1.82, 2.24) is 14.9 Å². The molecule has 0 unspecified atom stereocenters. The second-order valence-corrected chi connectivity index (χ2v) is 7.26. The predicted molar refractivity (Wildman–Crippen MR) is 97.3 cm³/mol. The monoisotopic (exact) mass is 404 g/mol. The third-order valence-corrected chi connectivity index (χ3v) is 5.16. The maximum absolute atomic E-state index is 5.95. The van der Waals surface area contributed by atoms with E-state index in [1.165, 1.54) is 0 Å². The van der Waals surface area contributed by atoms with Gasteiger partial charge in [0.25, 0.3) is 0 Å². The number of thioether (sulfide) groups is 1. The molecule has 1 aliphatic heterocycles. The first-order valence-corrected chi connectivity index (χ1v) is 9.04. The minimum atomic E-state index is 0.695. The lowest BCUT2D eigenvalue weighted by molar-refractivity contribution is 0.762. The average Bonchev–Trinajstić information content (AvgIpc) is 2.99. The molecule has 0 atom stereocenters. The minimum absolute atomic E-state index is 0.695. The Morgan fingerprint density at radius 3 is 2.39 bits per heavy atom. The molecule has 0 N–H and O–H groups in total. The zero-order chi connectivity index (χ0) is 15.8. The van der Waals surface area contributed by atoms with Gasteiger partial charge in [-0.1, -0.05) is 51.4 Å². The number of halogens is 2. The van der Waals surface area contributed by atoms with E-state index >= 15 is 0 Å². The van der Waals surface area contributed by atoms with Crippen molar-refractivity contribution in [2.24, 2.45) is 5.10 Å². The van der Waals surface area contributed by atoms with Gasteiger partial charge >= 0.3 is 0 Å². The molecule has 1 aliphatic rings. The van der Waals surface area contributed by atoms with E-state index in [4.69, 9.17) is 16.7 Å². The van der Waals surface area contributed by atoms with E-state index in [0.717, 1.165) is 38.0 Å². The maximum atomic E-state index is 5.95. The summed E-state index contributed by atoms with van der Waals surface area (Å²) in [6.07, 6.45) is 0. The Kier molecular flexibility index (Phi) is 3.97. The largest absolute Gasteiger partial charge is 0.212 e. The van der Waals surface area contributed by atoms with Crippen molar-refractivity contribution in [2.75, 3.05) is 5.75 Å². The van der Waals surface area contributed by atoms with Crippen LogP contribution in [0.4, 0.5) is 0 Å². The van der Waals surface area contributed by atoms with Crippen LogP contribution in [0.15, 0.2) is 63.3 Å². The van der Waals surface area contributed by atoms with E-state index in [1.54, 1.807) is 16.4 Å². The van der Waals surface area contributed by atoms with Gasteiger partial charge < -0.3 is 0 Å². The molecule has 0 spiro atoms. The number of aromatic nitrogens is 3. The van der Waals surface area contributed by atoms with Crippen molar-refractivity contribution in [3.63, 3.8) is 0 Å². The van der Waals surface area contributed by atoms with Gasteiger partial charge in [-0.15, -0.1) is 10.2 Å². The molecule has 4 rings (SSSR count). The number of rotatable bonds is 2. The molecule has 4 nitrogen and oxygen atoms in total. The van der Waals surface area contributed by atoms with Gasteiger partial charge in [0, 0.05) is 20.8 Å². The molecular formula is C16H10BrClN4S. The predicted octanol–water partition coefficient (Wildman–Crippen LogP) is 4.72. The van der Waals surface area contributed by atoms with Crippen LogP contribution in [0.2, 0.25) is 5.02 Å². The van der Waals surface area contributed by atoms with Crippen LogP contribution in [0.25, 0.3) is 11.4 Å². The summed E-state index contributed by atoms with van der Waals surface area (Å²) in [5, 5.41) is 14.7. The average molecular weight is 406 g/mol. The van der Waals surface area contributed by atoms with Crippen molar-refractivity contribution >= 4 is 45.0 Å². The van der Waals surface area contributed by atoms with Crippen LogP contribution in [0.1, 0.15) is 5.56 Å². The molecule has 0 saturated heterocycles. The first kappa shape index (κ1) is 14.9. The Morgan fingerprint density at radius 1 is 0.957 bits per heavy atom. The standard InChI is InChI=1S/C16H10BrClN4S/c17-12-5-1-10(2-6-12)14-9-23-16-20-19-15(22(16)21-14)11-3-7-13(18)8-4-11/h1-8H,9H2. The molecule has 0 fully saturated rings. The molecule has 2 aromatic carbocycles. The van der Waals surface area contributed by atoms with E-state index in [-0.39, 0.29) is 0 Å². The molecular weight excluding hydrogens is 396 g/mol. The summed E-state index contributed by atoms with van der Waals surface area (Å²) in [5.41, 5.74) is 3.04. The Labute approximate surface area is 150 Å². The molecule has 2 heterocycles. The molecule has 3 aromatic rings. The van der Waals surface area contributed by atoms with Crippen molar-refractivity contribution in [3.05, 3.63) is 63.6 Å². The Bertz CT molecular complexity index is 887. The Balaban J connectivity index is 1.77. The van der Waals surface area contributed by atoms with E-state index in [0.29, 0.717) is 5.02 Å². The molecule has 0 radical (unpaired) electrons. The molecule has 7 heteroatoms. The number of fused-ring (bicyclic) bond motifs is 1. The van der Waals surface area contributed by atoms with Gasteiger partial charge in [0.15, 0.2) is 5.82 Å². The molecule has 0 aliphatic carbocycles. The van der Waals surface area contributed by atoms with Gasteiger partial charge in [-0.3, -0.25) is 0 Å². The first-order valence-electron chi connectivity index (χ1n) is 6.89. The molecule has 0 saturated carbocycles. The number of hydrogen-bond donors (Lipinski definition) is 0. The SMILES string of the molecule is Clc1ccc(-c2nnc3n2N=C(c2ccc(Br)cc2)CS3)cc1. The van der Waals surface area contributed by atoms with Crippen molar-refractivity contribution < 1.29 is 0 Å². The Morgan fingerprint density at radius 2 is 1.65 bits per heavy atom. The van der Waals surface area contributed by atoms with Crippen LogP contribution in [0.5, 0.6) is 0 Å². The minimum Gasteiger partial charge on any atom is -0.187 e. The lowest BCUT2D eigenvalue weighted by atomic mass is 10.1. The van der Waals surface area contributed by atoms with Gasteiger partial charge in [-0.2, -0.15) is 9.78 Å². The summed E-state index contributed by atoms with van der Waals surface area (Å²) in [5.74, 6) is 1.50.